The van der Waals surface area contributed by atoms with E-state index in [1.807, 2.05) is 23.2 Å². The summed E-state index contributed by atoms with van der Waals surface area (Å²) in [6.45, 7) is 6.45. The second-order valence-electron chi connectivity index (χ2n) is 8.09. The van der Waals surface area contributed by atoms with Crippen LogP contribution in [0.1, 0.15) is 37.1 Å². The summed E-state index contributed by atoms with van der Waals surface area (Å²) in [4.78, 5) is 11.4. The fourth-order valence-electron chi connectivity index (χ4n) is 4.47. The molecule has 2 saturated heterocycles. The van der Waals surface area contributed by atoms with Gasteiger partial charge in [0.25, 0.3) is 0 Å². The fraction of sp³-hybridized carbons (Fsp3) is 0.500. The minimum atomic E-state index is 0.269. The number of hydrogen-bond donors (Lipinski definition) is 2. The minimum Gasteiger partial charge on any atom is -0.383 e. The lowest BCUT2D eigenvalue weighted by molar-refractivity contribution is -0.0294. The van der Waals surface area contributed by atoms with Crippen molar-refractivity contribution in [3.05, 3.63) is 17.5 Å². The van der Waals surface area contributed by atoms with Crippen LogP contribution >= 0.6 is 0 Å². The molecular formula is C20H25N9O. The topological polar surface area (TPSA) is 123 Å². The summed E-state index contributed by atoms with van der Waals surface area (Å²) in [5.74, 6) is 1.55. The Morgan fingerprint density at radius 2 is 2.13 bits per heavy atom. The van der Waals surface area contributed by atoms with Gasteiger partial charge in [0.1, 0.15) is 28.9 Å². The quantitative estimate of drug-likeness (QED) is 0.675. The number of nitrogens with zero attached hydrogens (tertiary/aromatic N) is 7. The van der Waals surface area contributed by atoms with Gasteiger partial charge in [0.05, 0.1) is 42.2 Å². The van der Waals surface area contributed by atoms with Gasteiger partial charge in [-0.2, -0.15) is 20.3 Å². The summed E-state index contributed by atoms with van der Waals surface area (Å²) in [5.41, 5.74) is 9.31. The van der Waals surface area contributed by atoms with E-state index in [2.05, 4.69) is 33.3 Å². The molecule has 1 atom stereocenters. The molecule has 0 radical (unpaired) electrons. The molecule has 2 aliphatic heterocycles. The smallest absolute Gasteiger partial charge is 0.231 e. The molecule has 156 valence electrons. The van der Waals surface area contributed by atoms with Crippen LogP contribution in [0.5, 0.6) is 0 Å². The first kappa shape index (κ1) is 18.7. The molecule has 0 amide bonds. The number of anilines is 4. The summed E-state index contributed by atoms with van der Waals surface area (Å²) in [6.07, 6.45) is 3.98. The number of nitrogen functional groups attached to an aromatic ring is 1. The molecule has 10 nitrogen and oxygen atoms in total. The molecule has 0 aliphatic carbocycles. The van der Waals surface area contributed by atoms with E-state index in [1.54, 1.807) is 6.20 Å². The van der Waals surface area contributed by atoms with Crippen molar-refractivity contribution in [3.63, 3.8) is 0 Å². The van der Waals surface area contributed by atoms with Crippen molar-refractivity contribution in [1.29, 1.82) is 5.26 Å². The number of nitriles is 1. The highest BCUT2D eigenvalue weighted by Gasteiger charge is 2.30. The van der Waals surface area contributed by atoms with Crippen LogP contribution in [0.15, 0.2) is 6.20 Å². The predicted molar refractivity (Wildman–Crippen MR) is 114 cm³/mol. The van der Waals surface area contributed by atoms with Crippen LogP contribution in [-0.2, 0) is 11.8 Å². The summed E-state index contributed by atoms with van der Waals surface area (Å²) >= 11 is 0. The van der Waals surface area contributed by atoms with E-state index in [0.717, 1.165) is 36.6 Å². The lowest BCUT2D eigenvalue weighted by Crippen LogP contribution is -2.32. The molecule has 3 aromatic rings. The highest BCUT2D eigenvalue weighted by molar-refractivity contribution is 5.98. The van der Waals surface area contributed by atoms with Gasteiger partial charge in [-0.1, -0.05) is 0 Å². The lowest BCUT2D eigenvalue weighted by Gasteiger charge is -2.27. The molecule has 30 heavy (non-hydrogen) atoms. The molecule has 0 aromatic carbocycles. The zero-order chi connectivity index (χ0) is 21.0. The number of aromatic nitrogens is 5. The Morgan fingerprint density at radius 1 is 1.33 bits per heavy atom. The Morgan fingerprint density at radius 3 is 2.77 bits per heavy atom. The highest BCUT2D eigenvalue weighted by Crippen LogP contribution is 2.37. The van der Waals surface area contributed by atoms with Crippen LogP contribution in [0.25, 0.3) is 11.0 Å². The van der Waals surface area contributed by atoms with Crippen molar-refractivity contribution in [2.75, 3.05) is 35.7 Å². The summed E-state index contributed by atoms with van der Waals surface area (Å²) in [6, 6.07) is 2.98. The number of rotatable bonds is 4. The predicted octanol–water partition coefficient (Wildman–Crippen LogP) is 2.23. The molecule has 3 N–H and O–H groups in total. The molecular weight excluding hydrogens is 382 g/mol. The maximum absolute atomic E-state index is 9.89. The monoisotopic (exact) mass is 407 g/mol. The number of nitrogens with one attached hydrogen (secondary N) is 1. The second-order valence-corrected chi connectivity index (χ2v) is 8.09. The Kier molecular flexibility index (Phi) is 4.29. The third kappa shape index (κ3) is 2.69. The van der Waals surface area contributed by atoms with E-state index in [9.17, 15) is 5.26 Å². The van der Waals surface area contributed by atoms with Crippen LogP contribution in [-0.4, -0.2) is 50.1 Å². The molecule has 10 heteroatoms. The zero-order valence-corrected chi connectivity index (χ0v) is 17.4. The van der Waals surface area contributed by atoms with Gasteiger partial charge in [0.2, 0.25) is 5.95 Å². The van der Waals surface area contributed by atoms with Gasteiger partial charge in [-0.05, 0) is 26.7 Å². The Balaban J connectivity index is 1.56. The lowest BCUT2D eigenvalue weighted by atomic mass is 10.2. The van der Waals surface area contributed by atoms with E-state index in [0.29, 0.717) is 47.6 Å². The van der Waals surface area contributed by atoms with E-state index >= 15 is 0 Å². The third-order valence-corrected chi connectivity index (χ3v) is 6.22. The van der Waals surface area contributed by atoms with Crippen LogP contribution in [0, 0.1) is 18.3 Å². The molecule has 5 heterocycles. The third-order valence-electron chi connectivity index (χ3n) is 6.22. The van der Waals surface area contributed by atoms with Gasteiger partial charge in [-0.3, -0.25) is 4.68 Å². The first-order chi connectivity index (χ1) is 14.5. The molecule has 2 aliphatic rings. The van der Waals surface area contributed by atoms with Gasteiger partial charge in [0, 0.05) is 19.6 Å². The van der Waals surface area contributed by atoms with Gasteiger partial charge < -0.3 is 25.3 Å². The summed E-state index contributed by atoms with van der Waals surface area (Å²) < 4.78 is 9.18. The molecule has 2 fully saturated rings. The second kappa shape index (κ2) is 6.88. The van der Waals surface area contributed by atoms with Crippen molar-refractivity contribution in [2.24, 2.45) is 7.05 Å². The number of hydrogen-bond acceptors (Lipinski definition) is 8. The molecule has 0 spiro atoms. The van der Waals surface area contributed by atoms with Gasteiger partial charge in [-0.25, -0.2) is 0 Å². The molecule has 0 unspecified atom stereocenters. The van der Waals surface area contributed by atoms with E-state index < -0.39 is 0 Å². The normalized spacial score (nSPS) is 19.3. The maximum atomic E-state index is 9.89. The molecule has 0 saturated carbocycles. The van der Waals surface area contributed by atoms with E-state index in [1.165, 1.54) is 0 Å². The maximum Gasteiger partial charge on any atom is 0.231 e. The number of aryl methyl sites for hydroxylation is 1. The summed E-state index contributed by atoms with van der Waals surface area (Å²) in [5, 5.41) is 18.2. The highest BCUT2D eigenvalue weighted by atomic mass is 16.5. The van der Waals surface area contributed by atoms with Crippen molar-refractivity contribution in [1.82, 2.24) is 24.3 Å². The minimum absolute atomic E-state index is 0.269. The van der Waals surface area contributed by atoms with Crippen LogP contribution < -0.4 is 16.0 Å². The van der Waals surface area contributed by atoms with Crippen molar-refractivity contribution >= 4 is 34.3 Å². The molecule has 5 rings (SSSR count). The van der Waals surface area contributed by atoms with Gasteiger partial charge in [0.15, 0.2) is 0 Å². The van der Waals surface area contributed by atoms with Crippen molar-refractivity contribution in [3.8, 4) is 6.07 Å². The average molecular weight is 407 g/mol. The van der Waals surface area contributed by atoms with Crippen LogP contribution in [0.3, 0.4) is 0 Å². The number of fused-ring (bicyclic) bond motifs is 1. The van der Waals surface area contributed by atoms with Crippen molar-refractivity contribution < 1.29 is 4.74 Å². The number of ether oxygens (including phenoxy) is 1. The largest absolute Gasteiger partial charge is 0.383 e. The first-order valence-electron chi connectivity index (χ1n) is 10.2. The summed E-state index contributed by atoms with van der Waals surface area (Å²) in [7, 11) is 1.93. The Hall–Kier alpha value is -3.32. The fourth-order valence-corrected chi connectivity index (χ4v) is 4.47. The average Bonchev–Trinajstić information content (AvgIpc) is 3.33. The van der Waals surface area contributed by atoms with Crippen LogP contribution in [0.4, 0.5) is 23.3 Å². The van der Waals surface area contributed by atoms with Crippen molar-refractivity contribution in [2.45, 2.75) is 38.8 Å². The zero-order valence-electron chi connectivity index (χ0n) is 17.4. The molecule has 3 aromatic heterocycles. The van der Waals surface area contributed by atoms with Crippen LogP contribution in [0.2, 0.25) is 0 Å². The SMILES string of the molecule is Cc1c(Nc2nc(N)c3c(C#N)c(N4CCC[C@H]4C)n(C)c3n2)cnn1C1COC1. The standard InChI is InChI=1S/C20H25N9O/c1-11-5-4-6-28(11)19-14(7-21)16-17(22)25-20(26-18(16)27(19)3)24-15-8-23-29(12(15)2)13-9-30-10-13/h8,11,13H,4-6,9-10H2,1-3H3,(H3,22,24,25,26)/t11-/m1/s1. The number of nitrogens with two attached hydrogens (primary N) is 1. The van der Waals surface area contributed by atoms with Gasteiger partial charge in [-0.15, -0.1) is 0 Å². The van der Waals surface area contributed by atoms with Gasteiger partial charge >= 0.3 is 0 Å². The van der Waals surface area contributed by atoms with E-state index in [4.69, 9.17) is 15.5 Å². The molecule has 0 bridgehead atoms. The van der Waals surface area contributed by atoms with E-state index in [-0.39, 0.29) is 6.04 Å². The Bertz CT molecular complexity index is 1170. The first-order valence-corrected chi connectivity index (χ1v) is 10.2. The Labute approximate surface area is 174 Å².